The van der Waals surface area contributed by atoms with E-state index in [2.05, 4.69) is 17.9 Å². The molecule has 60 valence electrons. The van der Waals surface area contributed by atoms with Crippen molar-refractivity contribution in [1.82, 2.24) is 0 Å². The van der Waals surface area contributed by atoms with Crippen molar-refractivity contribution in [2.75, 3.05) is 0 Å². The highest BCUT2D eigenvalue weighted by molar-refractivity contribution is 5.99. The zero-order valence-corrected chi connectivity index (χ0v) is 5.39. The van der Waals surface area contributed by atoms with Crippen molar-refractivity contribution in [2.45, 2.75) is 0 Å². The molecule has 0 saturated heterocycles. The molecule has 0 aromatic rings. The van der Waals surface area contributed by atoms with Crippen LogP contribution in [0.5, 0.6) is 0 Å². The van der Waals surface area contributed by atoms with E-state index in [-0.39, 0.29) is 0 Å². The van der Waals surface area contributed by atoms with E-state index in [1.807, 2.05) is 0 Å². The summed E-state index contributed by atoms with van der Waals surface area (Å²) in [5, 5.41) is 0. The molecule has 5 heteroatoms. The Balaban J connectivity index is 4.07. The van der Waals surface area contributed by atoms with Gasteiger partial charge in [0.2, 0.25) is 11.7 Å². The molecule has 0 fully saturated rings. The van der Waals surface area contributed by atoms with Gasteiger partial charge in [0.05, 0.1) is 0 Å². The molecule has 0 bridgehead atoms. The van der Waals surface area contributed by atoms with Crippen molar-refractivity contribution < 1.29 is 23.1 Å². The van der Waals surface area contributed by atoms with Crippen LogP contribution >= 0.6 is 0 Å². The van der Waals surface area contributed by atoms with Crippen LogP contribution in [-0.2, 0) is 14.3 Å². The first-order valence-electron chi connectivity index (χ1n) is 2.40. The van der Waals surface area contributed by atoms with Crippen LogP contribution in [0.25, 0.3) is 0 Å². The van der Waals surface area contributed by atoms with Gasteiger partial charge in [-0.1, -0.05) is 13.2 Å². The number of rotatable bonds is 2. The van der Waals surface area contributed by atoms with Gasteiger partial charge in [-0.2, -0.15) is 8.78 Å². The molecule has 0 amide bonds. The van der Waals surface area contributed by atoms with Gasteiger partial charge in [0.15, 0.2) is 0 Å². The van der Waals surface area contributed by atoms with Crippen LogP contribution in [0, 0.1) is 0 Å². The van der Waals surface area contributed by atoms with Gasteiger partial charge >= 0.3 is 11.9 Å². The number of carbonyl (C=O) groups excluding carboxylic acids is 2. The first-order valence-corrected chi connectivity index (χ1v) is 2.40. The van der Waals surface area contributed by atoms with Gasteiger partial charge in [0.1, 0.15) is 0 Å². The fraction of sp³-hybridized carbons (Fsp3) is 0. The Kier molecular flexibility index (Phi) is 3.10. The maximum absolute atomic E-state index is 11.7. The molecule has 0 heterocycles. The molecule has 0 atom stereocenters. The van der Waals surface area contributed by atoms with Gasteiger partial charge in [0.25, 0.3) is 0 Å². The van der Waals surface area contributed by atoms with E-state index in [0.717, 1.165) is 0 Å². The van der Waals surface area contributed by atoms with Gasteiger partial charge in [-0.3, -0.25) is 0 Å². The van der Waals surface area contributed by atoms with Gasteiger partial charge in [-0.25, -0.2) is 9.59 Å². The average molecular weight is 162 g/mol. The van der Waals surface area contributed by atoms with E-state index in [9.17, 15) is 18.4 Å². The summed E-state index contributed by atoms with van der Waals surface area (Å²) >= 11 is 0. The maximum Gasteiger partial charge on any atom is 0.374 e. The molecule has 0 aromatic carbocycles. The third-order valence-electron chi connectivity index (χ3n) is 0.628. The Morgan fingerprint density at radius 3 is 1.45 bits per heavy atom. The van der Waals surface area contributed by atoms with Crippen LogP contribution in [0.2, 0.25) is 0 Å². The van der Waals surface area contributed by atoms with Crippen molar-refractivity contribution in [3.63, 3.8) is 0 Å². The summed E-state index contributed by atoms with van der Waals surface area (Å²) in [4.78, 5) is 20.3. The minimum Gasteiger partial charge on any atom is -0.382 e. The number of esters is 2. The van der Waals surface area contributed by atoms with Crippen molar-refractivity contribution >= 4 is 11.9 Å². The highest BCUT2D eigenvalue weighted by Gasteiger charge is 2.15. The van der Waals surface area contributed by atoms with Crippen molar-refractivity contribution in [2.24, 2.45) is 0 Å². The summed E-state index contributed by atoms with van der Waals surface area (Å²) in [6, 6.07) is 0. The van der Waals surface area contributed by atoms with E-state index >= 15 is 0 Å². The lowest BCUT2D eigenvalue weighted by molar-refractivity contribution is -0.156. The molecule has 3 nitrogen and oxygen atoms in total. The van der Waals surface area contributed by atoms with E-state index < -0.39 is 23.6 Å². The minimum absolute atomic E-state index is 1.47. The SMILES string of the molecule is C=C(F)C(=O)OC(=O)C(=C)F. The fourth-order valence-corrected chi connectivity index (χ4v) is 0.195. The normalized spacial score (nSPS) is 8.55. The van der Waals surface area contributed by atoms with Crippen LogP contribution < -0.4 is 0 Å². The Hall–Kier alpha value is -1.52. The summed E-state index contributed by atoms with van der Waals surface area (Å²) in [6.45, 7) is 5.04. The molecule has 0 saturated carbocycles. The van der Waals surface area contributed by atoms with E-state index in [1.54, 1.807) is 0 Å². The number of ether oxygens (including phenoxy) is 1. The molecule has 0 spiro atoms. The molecule has 11 heavy (non-hydrogen) atoms. The highest BCUT2D eigenvalue weighted by Crippen LogP contribution is 2.00. The smallest absolute Gasteiger partial charge is 0.374 e. The zero-order valence-electron chi connectivity index (χ0n) is 5.39. The summed E-state index contributed by atoms with van der Waals surface area (Å²) in [5.74, 6) is -6.18. The second kappa shape index (κ2) is 3.60. The molecular weight excluding hydrogens is 158 g/mol. The van der Waals surface area contributed by atoms with Crippen LogP contribution in [0.1, 0.15) is 0 Å². The predicted octanol–water partition coefficient (Wildman–Crippen LogP) is 1.02. The first-order chi connectivity index (χ1) is 4.95. The Morgan fingerprint density at radius 2 is 1.27 bits per heavy atom. The lowest BCUT2D eigenvalue weighted by Crippen LogP contribution is -2.11. The molecule has 0 N–H and O–H groups in total. The molecule has 0 rings (SSSR count). The molecule has 0 aliphatic rings. The van der Waals surface area contributed by atoms with Crippen LogP contribution in [-0.4, -0.2) is 11.9 Å². The Morgan fingerprint density at radius 1 is 1.00 bits per heavy atom. The third kappa shape index (κ3) is 3.24. The monoisotopic (exact) mass is 162 g/mol. The molecule has 0 aromatic heterocycles. The number of carbonyl (C=O) groups is 2. The number of hydrogen-bond acceptors (Lipinski definition) is 3. The second-order valence-electron chi connectivity index (χ2n) is 1.49. The Labute approximate surface area is 61.0 Å². The van der Waals surface area contributed by atoms with E-state index in [4.69, 9.17) is 0 Å². The minimum atomic E-state index is -1.62. The third-order valence-corrected chi connectivity index (χ3v) is 0.628. The maximum atomic E-state index is 11.7. The zero-order chi connectivity index (χ0) is 9.02. The number of halogens is 2. The quantitative estimate of drug-likeness (QED) is 0.346. The topological polar surface area (TPSA) is 43.4 Å². The largest absolute Gasteiger partial charge is 0.382 e. The average Bonchev–Trinajstić information content (AvgIpc) is 1.87. The molecule has 0 unspecified atom stereocenters. The molecule has 0 radical (unpaired) electrons. The van der Waals surface area contributed by atoms with Crippen LogP contribution in [0.15, 0.2) is 24.8 Å². The van der Waals surface area contributed by atoms with Crippen molar-refractivity contribution in [3.05, 3.63) is 24.8 Å². The van der Waals surface area contributed by atoms with Gasteiger partial charge in [-0.05, 0) is 0 Å². The predicted molar refractivity (Wildman–Crippen MR) is 31.6 cm³/mol. The first kappa shape index (κ1) is 9.48. The van der Waals surface area contributed by atoms with Crippen LogP contribution in [0.4, 0.5) is 8.78 Å². The van der Waals surface area contributed by atoms with Crippen LogP contribution in [0.3, 0.4) is 0 Å². The van der Waals surface area contributed by atoms with E-state index in [0.29, 0.717) is 0 Å². The fourth-order valence-electron chi connectivity index (χ4n) is 0.195. The lowest BCUT2D eigenvalue weighted by Gasteiger charge is -1.95. The highest BCUT2D eigenvalue weighted by atomic mass is 19.1. The van der Waals surface area contributed by atoms with Gasteiger partial charge in [0, 0.05) is 0 Å². The molecule has 0 aliphatic carbocycles. The second-order valence-corrected chi connectivity index (χ2v) is 1.49. The van der Waals surface area contributed by atoms with Gasteiger partial charge in [-0.15, -0.1) is 0 Å². The van der Waals surface area contributed by atoms with Gasteiger partial charge < -0.3 is 4.74 Å². The summed E-state index contributed by atoms with van der Waals surface area (Å²) < 4.78 is 27.0. The standard InChI is InChI=1S/C6H4F2O3/c1-3(7)5(9)11-6(10)4(2)8/h1-2H2. The Bertz CT molecular complexity index is 208. The summed E-state index contributed by atoms with van der Waals surface area (Å²) in [5.41, 5.74) is 0. The lowest BCUT2D eigenvalue weighted by atomic mass is 10.6. The molecular formula is C6H4F2O3. The van der Waals surface area contributed by atoms with E-state index in [1.165, 1.54) is 0 Å². The summed E-state index contributed by atoms with van der Waals surface area (Å²) in [6.07, 6.45) is 0. The number of hydrogen-bond donors (Lipinski definition) is 0. The molecule has 0 aliphatic heterocycles. The van der Waals surface area contributed by atoms with Crippen molar-refractivity contribution in [3.8, 4) is 0 Å². The summed E-state index contributed by atoms with van der Waals surface area (Å²) in [7, 11) is 0. The van der Waals surface area contributed by atoms with Crippen molar-refractivity contribution in [1.29, 1.82) is 0 Å².